The second kappa shape index (κ2) is 7.56. The Labute approximate surface area is 182 Å². The van der Waals surface area contributed by atoms with Crippen molar-refractivity contribution < 1.29 is 4.79 Å². The molecule has 0 aliphatic rings. The zero-order valence-corrected chi connectivity index (χ0v) is 17.7. The van der Waals surface area contributed by atoms with Gasteiger partial charge in [0.1, 0.15) is 4.88 Å². The molecule has 5 heteroatoms. The van der Waals surface area contributed by atoms with Crippen LogP contribution in [0, 0.1) is 6.92 Å². The van der Waals surface area contributed by atoms with Crippen molar-refractivity contribution in [2.24, 2.45) is 5.10 Å². The highest BCUT2D eigenvalue weighted by Crippen LogP contribution is 2.35. The molecule has 0 saturated heterocycles. The minimum atomic E-state index is -0.306. The van der Waals surface area contributed by atoms with Gasteiger partial charge in [-0.05, 0) is 46.2 Å². The number of benzene rings is 4. The third-order valence-corrected chi connectivity index (χ3v) is 6.82. The molecule has 30 heavy (non-hydrogen) atoms. The number of carbonyl (C=O) groups excluding carboxylic acids is 1. The molecule has 5 rings (SSSR count). The Hall–Kier alpha value is -3.21. The van der Waals surface area contributed by atoms with Crippen LogP contribution < -0.4 is 5.43 Å². The predicted octanol–water partition coefficient (Wildman–Crippen LogP) is 6.93. The van der Waals surface area contributed by atoms with Gasteiger partial charge in [-0.1, -0.05) is 72.3 Å². The van der Waals surface area contributed by atoms with Gasteiger partial charge < -0.3 is 0 Å². The van der Waals surface area contributed by atoms with Crippen LogP contribution in [0.3, 0.4) is 0 Å². The van der Waals surface area contributed by atoms with Crippen LogP contribution in [0.1, 0.15) is 20.8 Å². The van der Waals surface area contributed by atoms with Crippen LogP contribution in [-0.2, 0) is 0 Å². The van der Waals surface area contributed by atoms with E-state index in [0.29, 0.717) is 9.90 Å². The average molecular weight is 429 g/mol. The average Bonchev–Trinajstić information content (AvgIpc) is 3.08. The maximum atomic E-state index is 12.7. The summed E-state index contributed by atoms with van der Waals surface area (Å²) in [5, 5.41) is 10.1. The lowest BCUT2D eigenvalue weighted by molar-refractivity contribution is 0.0959. The van der Waals surface area contributed by atoms with E-state index in [1.807, 2.05) is 49.4 Å². The second-order valence-corrected chi connectivity index (χ2v) is 8.61. The van der Waals surface area contributed by atoms with Crippen LogP contribution in [0.2, 0.25) is 5.02 Å². The largest absolute Gasteiger partial charge is 0.283 e. The number of aryl methyl sites for hydroxylation is 1. The third kappa shape index (κ3) is 3.24. The predicted molar refractivity (Wildman–Crippen MR) is 128 cm³/mol. The highest BCUT2D eigenvalue weighted by molar-refractivity contribution is 7.21. The Bertz CT molecular complexity index is 1410. The summed E-state index contributed by atoms with van der Waals surface area (Å²) in [6.07, 6.45) is 1.72. The summed E-state index contributed by atoms with van der Waals surface area (Å²) in [6, 6.07) is 24.5. The first-order valence-corrected chi connectivity index (χ1v) is 10.7. The molecule has 0 saturated carbocycles. The van der Waals surface area contributed by atoms with Crippen LogP contribution in [0.15, 0.2) is 77.9 Å². The van der Waals surface area contributed by atoms with Crippen molar-refractivity contribution in [1.82, 2.24) is 5.43 Å². The number of rotatable bonds is 3. The quantitative estimate of drug-likeness (QED) is 0.189. The van der Waals surface area contributed by atoms with Crippen molar-refractivity contribution in [2.75, 3.05) is 0 Å². The first kappa shape index (κ1) is 18.8. The van der Waals surface area contributed by atoms with E-state index in [-0.39, 0.29) is 5.91 Å². The van der Waals surface area contributed by atoms with E-state index in [0.717, 1.165) is 42.8 Å². The number of hydrogen-bond donors (Lipinski definition) is 1. The van der Waals surface area contributed by atoms with E-state index in [2.05, 4.69) is 40.9 Å². The highest BCUT2D eigenvalue weighted by atomic mass is 35.5. The topological polar surface area (TPSA) is 41.5 Å². The van der Waals surface area contributed by atoms with Gasteiger partial charge in [0.15, 0.2) is 0 Å². The zero-order chi connectivity index (χ0) is 20.7. The van der Waals surface area contributed by atoms with Crippen molar-refractivity contribution in [1.29, 1.82) is 0 Å². The molecule has 4 aromatic carbocycles. The summed E-state index contributed by atoms with van der Waals surface area (Å²) < 4.78 is 0.995. The molecule has 1 heterocycles. The fraction of sp³-hybridized carbons (Fsp3) is 0.0400. The van der Waals surface area contributed by atoms with Crippen LogP contribution in [-0.4, -0.2) is 12.1 Å². The number of nitrogens with zero attached hydrogens (tertiary/aromatic N) is 1. The molecule has 0 aliphatic carbocycles. The molecule has 0 bridgehead atoms. The van der Waals surface area contributed by atoms with Crippen molar-refractivity contribution >= 4 is 66.7 Å². The number of fused-ring (bicyclic) bond motifs is 3. The molecule has 3 nitrogen and oxygen atoms in total. The fourth-order valence-electron chi connectivity index (χ4n) is 3.71. The number of halogens is 1. The first-order chi connectivity index (χ1) is 14.6. The molecule has 0 spiro atoms. The molecule has 0 unspecified atom stereocenters. The number of nitrogens with one attached hydrogen (secondary N) is 1. The minimum Gasteiger partial charge on any atom is -0.266 e. The minimum absolute atomic E-state index is 0.306. The molecule has 1 amide bonds. The number of hydrazone groups is 1. The van der Waals surface area contributed by atoms with Gasteiger partial charge in [0.2, 0.25) is 0 Å². The van der Waals surface area contributed by atoms with Crippen molar-refractivity contribution in [3.05, 3.63) is 93.8 Å². The lowest BCUT2D eigenvalue weighted by atomic mass is 9.97. The second-order valence-electron chi connectivity index (χ2n) is 7.18. The normalized spacial score (nSPS) is 11.7. The number of thiophene rings is 1. The Kier molecular flexibility index (Phi) is 4.74. The fourth-order valence-corrected chi connectivity index (χ4v) is 5.22. The van der Waals surface area contributed by atoms with Crippen LogP contribution in [0.5, 0.6) is 0 Å². The standard InChI is InChI=1S/C25H17ClN2OS/c1-15-10-11-20-22(12-15)30-24(23(20)26)25(29)28-27-14-21-18-8-4-2-6-16(18)13-17-7-3-5-9-19(17)21/h2-14H,1H3,(H,28,29)/b27-14+. The van der Waals surface area contributed by atoms with Crippen LogP contribution in [0.4, 0.5) is 0 Å². The van der Waals surface area contributed by atoms with Gasteiger partial charge in [-0.2, -0.15) is 5.10 Å². The molecule has 1 N–H and O–H groups in total. The number of carbonyl (C=O) groups is 1. The van der Waals surface area contributed by atoms with Gasteiger partial charge in [0, 0.05) is 15.6 Å². The molecule has 1 aromatic heterocycles. The molecule has 0 fully saturated rings. The number of hydrogen-bond acceptors (Lipinski definition) is 3. The van der Waals surface area contributed by atoms with E-state index >= 15 is 0 Å². The molecule has 146 valence electrons. The number of amides is 1. The van der Waals surface area contributed by atoms with E-state index < -0.39 is 0 Å². The van der Waals surface area contributed by atoms with Gasteiger partial charge >= 0.3 is 0 Å². The van der Waals surface area contributed by atoms with Crippen molar-refractivity contribution in [3.63, 3.8) is 0 Å². The van der Waals surface area contributed by atoms with Crippen LogP contribution >= 0.6 is 22.9 Å². The monoisotopic (exact) mass is 428 g/mol. The van der Waals surface area contributed by atoms with Gasteiger partial charge in [-0.25, -0.2) is 5.43 Å². The summed E-state index contributed by atoms with van der Waals surface area (Å²) in [6.45, 7) is 2.02. The Morgan fingerprint density at radius 1 is 0.933 bits per heavy atom. The summed E-state index contributed by atoms with van der Waals surface area (Å²) in [5.41, 5.74) is 4.76. The van der Waals surface area contributed by atoms with E-state index in [9.17, 15) is 4.79 Å². The Balaban J connectivity index is 1.51. The van der Waals surface area contributed by atoms with E-state index in [1.165, 1.54) is 11.3 Å². The van der Waals surface area contributed by atoms with Crippen molar-refractivity contribution in [3.8, 4) is 0 Å². The lowest BCUT2D eigenvalue weighted by Gasteiger charge is -2.07. The Morgan fingerprint density at radius 2 is 1.60 bits per heavy atom. The Morgan fingerprint density at radius 3 is 2.30 bits per heavy atom. The molecule has 0 aliphatic heterocycles. The zero-order valence-electron chi connectivity index (χ0n) is 16.1. The van der Waals surface area contributed by atoms with Crippen molar-refractivity contribution in [2.45, 2.75) is 6.92 Å². The molecule has 0 atom stereocenters. The maximum Gasteiger partial charge on any atom is 0.283 e. The molecular formula is C25H17ClN2OS. The summed E-state index contributed by atoms with van der Waals surface area (Å²) in [5.74, 6) is -0.306. The van der Waals surface area contributed by atoms with Gasteiger partial charge in [0.25, 0.3) is 5.91 Å². The summed E-state index contributed by atoms with van der Waals surface area (Å²) in [4.78, 5) is 13.2. The SMILES string of the molecule is Cc1ccc2c(Cl)c(C(=O)N/N=C/c3c4ccccc4cc4ccccc34)sc2c1. The summed E-state index contributed by atoms with van der Waals surface area (Å²) >= 11 is 7.83. The molecule has 5 aromatic rings. The molecule has 0 radical (unpaired) electrons. The molecular weight excluding hydrogens is 412 g/mol. The lowest BCUT2D eigenvalue weighted by Crippen LogP contribution is -2.16. The summed E-state index contributed by atoms with van der Waals surface area (Å²) in [7, 11) is 0. The highest BCUT2D eigenvalue weighted by Gasteiger charge is 2.17. The van der Waals surface area contributed by atoms with Gasteiger partial charge in [-0.3, -0.25) is 4.79 Å². The van der Waals surface area contributed by atoms with Crippen LogP contribution in [0.25, 0.3) is 31.6 Å². The smallest absolute Gasteiger partial charge is 0.266 e. The third-order valence-electron chi connectivity index (χ3n) is 5.16. The van der Waals surface area contributed by atoms with Gasteiger partial charge in [-0.15, -0.1) is 11.3 Å². The van der Waals surface area contributed by atoms with E-state index in [4.69, 9.17) is 11.6 Å². The van der Waals surface area contributed by atoms with Gasteiger partial charge in [0.05, 0.1) is 11.2 Å². The van der Waals surface area contributed by atoms with E-state index in [1.54, 1.807) is 6.21 Å². The first-order valence-electron chi connectivity index (χ1n) is 9.54. The maximum absolute atomic E-state index is 12.7.